The molecular formula is C12H19N3. The van der Waals surface area contributed by atoms with Crippen LogP contribution in [0, 0.1) is 19.3 Å². The Hall–Kier alpha value is -1.12. The molecule has 1 aromatic heterocycles. The largest absolute Gasteiger partial charge is 0.368 e. The maximum atomic E-state index is 4.46. The summed E-state index contributed by atoms with van der Waals surface area (Å²) in [5.74, 6) is 0.915. The fourth-order valence-electron chi connectivity index (χ4n) is 1.74. The third-order valence-corrected chi connectivity index (χ3v) is 3.54. The fourth-order valence-corrected chi connectivity index (χ4v) is 1.74. The SMILES string of the molecule is CCC1(CNc2cnc(C)c(C)n2)CC1. The molecule has 0 atom stereocenters. The summed E-state index contributed by atoms with van der Waals surface area (Å²) in [4.78, 5) is 8.76. The summed E-state index contributed by atoms with van der Waals surface area (Å²) in [7, 11) is 0. The van der Waals surface area contributed by atoms with E-state index in [0.717, 1.165) is 23.8 Å². The van der Waals surface area contributed by atoms with Gasteiger partial charge in [-0.2, -0.15) is 0 Å². The van der Waals surface area contributed by atoms with Crippen LogP contribution in [0.2, 0.25) is 0 Å². The number of anilines is 1. The molecule has 1 aliphatic rings. The van der Waals surface area contributed by atoms with E-state index in [9.17, 15) is 0 Å². The zero-order chi connectivity index (χ0) is 10.9. The summed E-state index contributed by atoms with van der Waals surface area (Å²) < 4.78 is 0. The van der Waals surface area contributed by atoms with E-state index in [1.807, 2.05) is 20.0 Å². The molecule has 1 fully saturated rings. The highest BCUT2D eigenvalue weighted by Gasteiger charge is 2.40. The minimum atomic E-state index is 0.556. The minimum absolute atomic E-state index is 0.556. The van der Waals surface area contributed by atoms with Gasteiger partial charge in [0.15, 0.2) is 0 Å². The highest BCUT2D eigenvalue weighted by Crippen LogP contribution is 2.48. The van der Waals surface area contributed by atoms with Crippen LogP contribution in [0.25, 0.3) is 0 Å². The third-order valence-electron chi connectivity index (χ3n) is 3.54. The number of nitrogens with zero attached hydrogens (tertiary/aromatic N) is 2. The zero-order valence-electron chi connectivity index (χ0n) is 9.80. The summed E-state index contributed by atoms with van der Waals surface area (Å²) in [5.41, 5.74) is 2.58. The summed E-state index contributed by atoms with van der Waals surface area (Å²) in [5, 5.41) is 3.39. The molecule has 2 rings (SSSR count). The molecule has 0 radical (unpaired) electrons. The van der Waals surface area contributed by atoms with Crippen molar-refractivity contribution in [3.63, 3.8) is 0 Å². The number of hydrogen-bond acceptors (Lipinski definition) is 3. The second-order valence-corrected chi connectivity index (χ2v) is 4.63. The number of hydrogen-bond donors (Lipinski definition) is 1. The van der Waals surface area contributed by atoms with Gasteiger partial charge in [-0.25, -0.2) is 4.98 Å². The molecule has 0 saturated heterocycles. The van der Waals surface area contributed by atoms with Crippen molar-refractivity contribution in [1.82, 2.24) is 9.97 Å². The van der Waals surface area contributed by atoms with Crippen molar-refractivity contribution in [1.29, 1.82) is 0 Å². The average Bonchev–Trinajstić information content (AvgIpc) is 3.01. The number of aryl methyl sites for hydroxylation is 2. The Morgan fingerprint density at radius 3 is 2.60 bits per heavy atom. The first-order valence-electron chi connectivity index (χ1n) is 5.69. The lowest BCUT2D eigenvalue weighted by molar-refractivity contribution is 0.520. The molecule has 0 unspecified atom stereocenters. The van der Waals surface area contributed by atoms with Crippen LogP contribution in [0.15, 0.2) is 6.20 Å². The van der Waals surface area contributed by atoms with E-state index in [2.05, 4.69) is 22.2 Å². The Morgan fingerprint density at radius 2 is 2.07 bits per heavy atom. The van der Waals surface area contributed by atoms with Crippen LogP contribution >= 0.6 is 0 Å². The van der Waals surface area contributed by atoms with Crippen LogP contribution in [0.5, 0.6) is 0 Å². The van der Waals surface area contributed by atoms with Crippen molar-refractivity contribution in [2.45, 2.75) is 40.0 Å². The van der Waals surface area contributed by atoms with Crippen molar-refractivity contribution >= 4 is 5.82 Å². The number of nitrogens with one attached hydrogen (secondary N) is 1. The van der Waals surface area contributed by atoms with Gasteiger partial charge in [-0.1, -0.05) is 6.92 Å². The summed E-state index contributed by atoms with van der Waals surface area (Å²) in [6, 6.07) is 0. The lowest BCUT2D eigenvalue weighted by atomic mass is 10.0. The van der Waals surface area contributed by atoms with Gasteiger partial charge in [0.1, 0.15) is 5.82 Å². The molecule has 0 aliphatic heterocycles. The Bertz CT molecular complexity index is 356. The van der Waals surface area contributed by atoms with E-state index in [-0.39, 0.29) is 0 Å². The smallest absolute Gasteiger partial charge is 0.144 e. The van der Waals surface area contributed by atoms with Crippen LogP contribution in [0.3, 0.4) is 0 Å². The molecule has 1 aromatic rings. The van der Waals surface area contributed by atoms with Crippen molar-refractivity contribution in [2.24, 2.45) is 5.41 Å². The van der Waals surface area contributed by atoms with E-state index < -0.39 is 0 Å². The number of rotatable bonds is 4. The highest BCUT2D eigenvalue weighted by molar-refractivity contribution is 5.34. The molecule has 1 heterocycles. The molecule has 15 heavy (non-hydrogen) atoms. The predicted octanol–water partition coefficient (Wildman–Crippen LogP) is 2.70. The molecule has 3 heteroatoms. The van der Waals surface area contributed by atoms with E-state index in [0.29, 0.717) is 5.41 Å². The van der Waals surface area contributed by atoms with Gasteiger partial charge in [0, 0.05) is 6.54 Å². The van der Waals surface area contributed by atoms with Crippen LogP contribution < -0.4 is 5.32 Å². The van der Waals surface area contributed by atoms with Gasteiger partial charge < -0.3 is 5.32 Å². The first kappa shape index (κ1) is 10.4. The lowest BCUT2D eigenvalue weighted by Crippen LogP contribution is -2.15. The average molecular weight is 205 g/mol. The minimum Gasteiger partial charge on any atom is -0.368 e. The molecule has 0 spiro atoms. The second kappa shape index (κ2) is 3.80. The predicted molar refractivity (Wildman–Crippen MR) is 62.0 cm³/mol. The lowest BCUT2D eigenvalue weighted by Gasteiger charge is -2.14. The molecular weight excluding hydrogens is 186 g/mol. The maximum absolute atomic E-state index is 4.46. The summed E-state index contributed by atoms with van der Waals surface area (Å²) in [6.07, 6.45) is 5.80. The molecule has 1 N–H and O–H groups in total. The monoisotopic (exact) mass is 205 g/mol. The highest BCUT2D eigenvalue weighted by atomic mass is 15.0. The van der Waals surface area contributed by atoms with Crippen LogP contribution in [-0.2, 0) is 0 Å². The van der Waals surface area contributed by atoms with Crippen LogP contribution in [-0.4, -0.2) is 16.5 Å². The van der Waals surface area contributed by atoms with E-state index in [1.165, 1.54) is 19.3 Å². The normalized spacial score (nSPS) is 17.5. The Balaban J connectivity index is 1.96. The molecule has 82 valence electrons. The summed E-state index contributed by atoms with van der Waals surface area (Å²) in [6.45, 7) is 7.29. The molecule has 3 nitrogen and oxygen atoms in total. The van der Waals surface area contributed by atoms with Crippen LogP contribution in [0.1, 0.15) is 37.6 Å². The third kappa shape index (κ3) is 2.28. The molecule has 0 bridgehead atoms. The van der Waals surface area contributed by atoms with Gasteiger partial charge in [-0.05, 0) is 38.5 Å². The molecule has 0 amide bonds. The van der Waals surface area contributed by atoms with Crippen molar-refractivity contribution in [2.75, 3.05) is 11.9 Å². The Morgan fingerprint density at radius 1 is 1.33 bits per heavy atom. The zero-order valence-corrected chi connectivity index (χ0v) is 9.80. The first-order valence-corrected chi connectivity index (χ1v) is 5.69. The van der Waals surface area contributed by atoms with E-state index in [1.54, 1.807) is 0 Å². The van der Waals surface area contributed by atoms with Gasteiger partial charge in [-0.15, -0.1) is 0 Å². The molecule has 1 aliphatic carbocycles. The molecule has 0 aromatic carbocycles. The van der Waals surface area contributed by atoms with Gasteiger partial charge >= 0.3 is 0 Å². The van der Waals surface area contributed by atoms with Gasteiger partial charge in [0.05, 0.1) is 17.6 Å². The quantitative estimate of drug-likeness (QED) is 0.821. The van der Waals surface area contributed by atoms with Gasteiger partial charge in [0.2, 0.25) is 0 Å². The van der Waals surface area contributed by atoms with E-state index >= 15 is 0 Å². The maximum Gasteiger partial charge on any atom is 0.144 e. The van der Waals surface area contributed by atoms with Gasteiger partial charge in [-0.3, -0.25) is 4.98 Å². The first-order chi connectivity index (χ1) is 7.15. The van der Waals surface area contributed by atoms with Gasteiger partial charge in [0.25, 0.3) is 0 Å². The van der Waals surface area contributed by atoms with Crippen molar-refractivity contribution < 1.29 is 0 Å². The topological polar surface area (TPSA) is 37.8 Å². The van der Waals surface area contributed by atoms with E-state index in [4.69, 9.17) is 0 Å². The second-order valence-electron chi connectivity index (χ2n) is 4.63. The van der Waals surface area contributed by atoms with Crippen molar-refractivity contribution in [3.05, 3.63) is 17.6 Å². The Kier molecular flexibility index (Phi) is 2.63. The standard InChI is InChI=1S/C12H19N3/c1-4-12(5-6-12)8-14-11-7-13-9(2)10(3)15-11/h7H,4-6,8H2,1-3H3,(H,14,15). The van der Waals surface area contributed by atoms with Crippen LogP contribution in [0.4, 0.5) is 5.82 Å². The fraction of sp³-hybridized carbons (Fsp3) is 0.667. The Labute approximate surface area is 91.3 Å². The summed E-state index contributed by atoms with van der Waals surface area (Å²) >= 11 is 0. The number of aromatic nitrogens is 2. The van der Waals surface area contributed by atoms with Crippen molar-refractivity contribution in [3.8, 4) is 0 Å². The molecule has 1 saturated carbocycles.